The Hall–Kier alpha value is -3.45. The molecule has 0 aliphatic rings. The van der Waals surface area contributed by atoms with Crippen LogP contribution in [0.5, 0.6) is 0 Å². The number of nitrogens with zero attached hydrogens (tertiary/aromatic N) is 2. The fraction of sp³-hybridized carbons (Fsp3) is 0.292. The lowest BCUT2D eigenvalue weighted by atomic mass is 10.0. The molecule has 2 aromatic carbocycles. The van der Waals surface area contributed by atoms with E-state index >= 15 is 0 Å². The second kappa shape index (κ2) is 10.5. The van der Waals surface area contributed by atoms with E-state index in [1.165, 1.54) is 18.9 Å². The molecule has 0 atom stereocenters. The van der Waals surface area contributed by atoms with Crippen LogP contribution in [0.15, 0.2) is 54.6 Å². The summed E-state index contributed by atoms with van der Waals surface area (Å²) in [5.41, 5.74) is 2.73. The van der Waals surface area contributed by atoms with E-state index in [1.54, 1.807) is 12.1 Å². The minimum Gasteiger partial charge on any atom is -0.465 e. The molecule has 0 aliphatic heterocycles. The highest BCUT2D eigenvalue weighted by Crippen LogP contribution is 2.29. The van der Waals surface area contributed by atoms with Crippen LogP contribution in [-0.4, -0.2) is 42.5 Å². The highest BCUT2D eigenvalue weighted by molar-refractivity contribution is 6.06. The van der Waals surface area contributed by atoms with E-state index in [0.29, 0.717) is 30.2 Å². The van der Waals surface area contributed by atoms with Crippen LogP contribution in [0.4, 0.5) is 0 Å². The van der Waals surface area contributed by atoms with Crippen molar-refractivity contribution in [3.8, 4) is 16.9 Å². The molecule has 0 fully saturated rings. The zero-order valence-corrected chi connectivity index (χ0v) is 18.0. The molecule has 7 nitrogen and oxygen atoms in total. The van der Waals surface area contributed by atoms with Crippen molar-refractivity contribution >= 4 is 11.9 Å². The minimum atomic E-state index is -0.677. The molecule has 0 bridgehead atoms. The van der Waals surface area contributed by atoms with Crippen molar-refractivity contribution in [3.63, 3.8) is 0 Å². The van der Waals surface area contributed by atoms with Crippen molar-refractivity contribution in [2.24, 2.45) is 0 Å². The van der Waals surface area contributed by atoms with Crippen molar-refractivity contribution in [2.45, 2.75) is 26.4 Å². The lowest BCUT2D eigenvalue weighted by Gasteiger charge is -2.07. The molecule has 0 saturated heterocycles. The van der Waals surface area contributed by atoms with Crippen molar-refractivity contribution < 1.29 is 23.8 Å². The van der Waals surface area contributed by atoms with Gasteiger partial charge in [-0.2, -0.15) is 5.10 Å². The second-order valence-electron chi connectivity index (χ2n) is 6.91. The van der Waals surface area contributed by atoms with E-state index in [1.807, 2.05) is 42.5 Å². The molecular weight excluding hydrogens is 396 g/mol. The summed E-state index contributed by atoms with van der Waals surface area (Å²) in [5, 5.41) is 4.59. The van der Waals surface area contributed by atoms with Gasteiger partial charge in [0.2, 0.25) is 0 Å². The number of ether oxygens (including phenoxy) is 3. The van der Waals surface area contributed by atoms with Gasteiger partial charge in [0, 0.05) is 12.2 Å². The monoisotopic (exact) mass is 422 g/mol. The van der Waals surface area contributed by atoms with Crippen LogP contribution in [0.3, 0.4) is 0 Å². The number of unbranched alkanes of at least 4 members (excludes halogenated alkanes) is 1. The molecular formula is C24H26N2O5. The number of methoxy groups -OCH3 is 2. The summed E-state index contributed by atoms with van der Waals surface area (Å²) in [6.45, 7) is 3.35. The van der Waals surface area contributed by atoms with Gasteiger partial charge in [-0.15, -0.1) is 0 Å². The van der Waals surface area contributed by atoms with E-state index in [2.05, 4.69) is 12.0 Å². The summed E-state index contributed by atoms with van der Waals surface area (Å²) >= 11 is 0. The van der Waals surface area contributed by atoms with E-state index in [4.69, 9.17) is 14.2 Å². The number of rotatable bonds is 9. The van der Waals surface area contributed by atoms with Gasteiger partial charge in [0.15, 0.2) is 5.69 Å². The fourth-order valence-electron chi connectivity index (χ4n) is 3.15. The predicted octanol–water partition coefficient (Wildman–Crippen LogP) is 4.43. The average Bonchev–Trinajstić information content (AvgIpc) is 3.22. The van der Waals surface area contributed by atoms with Gasteiger partial charge in [-0.1, -0.05) is 55.8 Å². The number of hydrogen-bond donors (Lipinski definition) is 0. The molecule has 1 aromatic heterocycles. The van der Waals surface area contributed by atoms with E-state index in [9.17, 15) is 9.59 Å². The van der Waals surface area contributed by atoms with Gasteiger partial charge in [0.25, 0.3) is 0 Å². The van der Waals surface area contributed by atoms with E-state index in [-0.39, 0.29) is 11.3 Å². The number of aromatic nitrogens is 2. The van der Waals surface area contributed by atoms with Crippen molar-refractivity contribution in [3.05, 3.63) is 71.4 Å². The summed E-state index contributed by atoms with van der Waals surface area (Å²) in [4.78, 5) is 25.3. The number of benzene rings is 2. The van der Waals surface area contributed by atoms with Crippen molar-refractivity contribution in [1.29, 1.82) is 0 Å². The van der Waals surface area contributed by atoms with Crippen LogP contribution < -0.4 is 0 Å². The summed E-state index contributed by atoms with van der Waals surface area (Å²) in [7, 11) is 2.53. The quantitative estimate of drug-likeness (QED) is 0.375. The summed E-state index contributed by atoms with van der Waals surface area (Å²) in [6.07, 6.45) is 2.11. The average molecular weight is 422 g/mol. The van der Waals surface area contributed by atoms with Crippen LogP contribution in [0.1, 0.15) is 46.2 Å². The topological polar surface area (TPSA) is 79.7 Å². The van der Waals surface area contributed by atoms with Gasteiger partial charge in [-0.3, -0.25) is 0 Å². The number of para-hydroxylation sites is 1. The third-order valence-electron chi connectivity index (χ3n) is 4.79. The Bertz CT molecular complexity index is 1030. The molecule has 1 heterocycles. The number of hydrogen-bond acceptors (Lipinski definition) is 6. The van der Waals surface area contributed by atoms with Gasteiger partial charge < -0.3 is 14.2 Å². The Morgan fingerprint density at radius 3 is 2.23 bits per heavy atom. The Balaban J connectivity index is 2.06. The maximum absolute atomic E-state index is 12.7. The van der Waals surface area contributed by atoms with Crippen LogP contribution in [0, 0.1) is 0 Å². The molecule has 3 aromatic rings. The van der Waals surface area contributed by atoms with Crippen molar-refractivity contribution in [2.75, 3.05) is 20.8 Å². The smallest absolute Gasteiger partial charge is 0.357 e. The summed E-state index contributed by atoms with van der Waals surface area (Å²) < 4.78 is 17.0. The first-order valence-corrected chi connectivity index (χ1v) is 10.1. The molecule has 31 heavy (non-hydrogen) atoms. The molecule has 0 amide bonds. The van der Waals surface area contributed by atoms with Gasteiger partial charge in [0.1, 0.15) is 11.3 Å². The molecule has 0 aliphatic carbocycles. The van der Waals surface area contributed by atoms with E-state index in [0.717, 1.165) is 18.4 Å². The van der Waals surface area contributed by atoms with Crippen LogP contribution in [0.2, 0.25) is 0 Å². The first kappa shape index (κ1) is 22.2. The maximum Gasteiger partial charge on any atom is 0.357 e. The Morgan fingerprint density at radius 2 is 1.61 bits per heavy atom. The third kappa shape index (κ3) is 5.00. The predicted molar refractivity (Wildman–Crippen MR) is 116 cm³/mol. The molecule has 0 radical (unpaired) electrons. The van der Waals surface area contributed by atoms with Crippen LogP contribution >= 0.6 is 0 Å². The molecule has 0 unspecified atom stereocenters. The molecule has 7 heteroatoms. The molecule has 162 valence electrons. The number of carbonyl (C=O) groups excluding carboxylic acids is 2. The lowest BCUT2D eigenvalue weighted by molar-refractivity contribution is 0.0549. The fourth-order valence-corrected chi connectivity index (χ4v) is 3.15. The maximum atomic E-state index is 12.7. The molecule has 0 N–H and O–H groups in total. The normalized spacial score (nSPS) is 10.7. The second-order valence-corrected chi connectivity index (χ2v) is 6.91. The van der Waals surface area contributed by atoms with Gasteiger partial charge in [0.05, 0.1) is 26.5 Å². The van der Waals surface area contributed by atoms with Gasteiger partial charge in [-0.05, 0) is 24.1 Å². The Labute approximate surface area is 181 Å². The third-order valence-corrected chi connectivity index (χ3v) is 4.79. The van der Waals surface area contributed by atoms with Crippen LogP contribution in [0.25, 0.3) is 16.9 Å². The number of carbonyl (C=O) groups is 2. The Kier molecular flexibility index (Phi) is 7.56. The van der Waals surface area contributed by atoms with Gasteiger partial charge in [-0.25, -0.2) is 14.3 Å². The zero-order valence-electron chi connectivity index (χ0n) is 18.0. The Morgan fingerprint density at radius 1 is 0.935 bits per heavy atom. The molecule has 3 rings (SSSR count). The highest BCUT2D eigenvalue weighted by atomic mass is 16.5. The summed E-state index contributed by atoms with van der Waals surface area (Å²) in [6, 6.07) is 16.6. The van der Waals surface area contributed by atoms with Gasteiger partial charge >= 0.3 is 11.9 Å². The first-order chi connectivity index (χ1) is 15.1. The van der Waals surface area contributed by atoms with Crippen LogP contribution in [-0.2, 0) is 20.8 Å². The zero-order chi connectivity index (χ0) is 22.2. The minimum absolute atomic E-state index is 0.0162. The SMILES string of the molecule is CCCCOCc1ccc(-c2nn(-c3ccccc3)c(C(=O)OC)c2C(=O)OC)cc1. The number of esters is 2. The molecule has 0 saturated carbocycles. The largest absolute Gasteiger partial charge is 0.465 e. The van der Waals surface area contributed by atoms with Crippen molar-refractivity contribution in [1.82, 2.24) is 9.78 Å². The summed E-state index contributed by atoms with van der Waals surface area (Å²) in [5.74, 6) is -1.34. The lowest BCUT2D eigenvalue weighted by Crippen LogP contribution is -2.15. The van der Waals surface area contributed by atoms with E-state index < -0.39 is 11.9 Å². The molecule has 0 spiro atoms. The standard InChI is InChI=1S/C24H26N2O5/c1-4-5-15-31-16-17-11-13-18(14-12-17)21-20(23(27)29-2)22(24(28)30-3)26(25-21)19-9-7-6-8-10-19/h6-14H,4-5,15-16H2,1-3H3. The highest BCUT2D eigenvalue weighted by Gasteiger charge is 2.31. The first-order valence-electron chi connectivity index (χ1n) is 10.1.